The molecule has 0 amide bonds. The Bertz CT molecular complexity index is 398. The first-order valence-electron chi connectivity index (χ1n) is 10.0. The van der Waals surface area contributed by atoms with Crippen molar-refractivity contribution in [2.24, 2.45) is 23.7 Å². The molecule has 0 heterocycles. The highest BCUT2D eigenvalue weighted by Gasteiger charge is 2.21. The van der Waals surface area contributed by atoms with Crippen LogP contribution in [0.1, 0.15) is 84.0 Å². The van der Waals surface area contributed by atoms with E-state index in [4.69, 9.17) is 5.26 Å². The summed E-state index contributed by atoms with van der Waals surface area (Å²) in [5, 5.41) is 8.50. The second kappa shape index (κ2) is 10.7. The Balaban J connectivity index is 1.61. The quantitative estimate of drug-likeness (QED) is 0.374. The number of rotatable bonds is 7. The summed E-state index contributed by atoms with van der Waals surface area (Å²) in [6, 6.07) is 2.08. The zero-order chi connectivity index (χ0) is 16.3. The van der Waals surface area contributed by atoms with Gasteiger partial charge in [-0.1, -0.05) is 38.0 Å². The average molecular weight is 314 g/mol. The van der Waals surface area contributed by atoms with Gasteiger partial charge in [-0.25, -0.2) is 0 Å². The molecule has 2 saturated carbocycles. The van der Waals surface area contributed by atoms with Crippen molar-refractivity contribution in [1.82, 2.24) is 0 Å². The normalized spacial score (nSPS) is 32.3. The van der Waals surface area contributed by atoms with Crippen LogP contribution in [0.2, 0.25) is 0 Å². The molecule has 0 radical (unpaired) electrons. The van der Waals surface area contributed by atoms with Gasteiger partial charge in [0.2, 0.25) is 0 Å². The first-order valence-corrected chi connectivity index (χ1v) is 10.0. The topological polar surface area (TPSA) is 23.8 Å². The predicted molar refractivity (Wildman–Crippen MR) is 98.9 cm³/mol. The van der Waals surface area contributed by atoms with Gasteiger partial charge in [0.1, 0.15) is 0 Å². The number of allylic oxidation sites excluding steroid dienone is 4. The van der Waals surface area contributed by atoms with Crippen molar-refractivity contribution in [3.63, 3.8) is 0 Å². The molecule has 128 valence electrons. The maximum absolute atomic E-state index is 8.50. The molecule has 2 fully saturated rings. The van der Waals surface area contributed by atoms with Gasteiger partial charge in [-0.2, -0.15) is 5.26 Å². The van der Waals surface area contributed by atoms with E-state index in [2.05, 4.69) is 25.1 Å². The number of hydrogen-bond donors (Lipinski definition) is 0. The lowest BCUT2D eigenvalue weighted by molar-refractivity contribution is 0.286. The summed E-state index contributed by atoms with van der Waals surface area (Å²) in [7, 11) is 0. The van der Waals surface area contributed by atoms with Crippen LogP contribution in [0, 0.1) is 35.0 Å². The van der Waals surface area contributed by atoms with E-state index in [1.165, 1.54) is 70.6 Å². The molecule has 2 aliphatic rings. The van der Waals surface area contributed by atoms with Crippen molar-refractivity contribution in [3.8, 4) is 6.07 Å². The lowest BCUT2D eigenvalue weighted by Gasteiger charge is -2.28. The van der Waals surface area contributed by atoms with Crippen LogP contribution in [0.5, 0.6) is 0 Å². The molecule has 0 unspecified atom stereocenters. The fourth-order valence-electron chi connectivity index (χ4n) is 4.53. The van der Waals surface area contributed by atoms with E-state index in [0.29, 0.717) is 0 Å². The molecule has 0 saturated heterocycles. The zero-order valence-electron chi connectivity index (χ0n) is 15.1. The molecular weight excluding hydrogens is 278 g/mol. The maximum Gasteiger partial charge on any atom is 0.0908 e. The van der Waals surface area contributed by atoms with Crippen LogP contribution in [0.15, 0.2) is 24.3 Å². The lowest BCUT2D eigenvalue weighted by atomic mass is 9.77. The molecule has 0 bridgehead atoms. The van der Waals surface area contributed by atoms with E-state index in [1.807, 2.05) is 6.08 Å². The van der Waals surface area contributed by atoms with Crippen LogP contribution < -0.4 is 0 Å². The van der Waals surface area contributed by atoms with Gasteiger partial charge in [0.25, 0.3) is 0 Å². The fraction of sp³-hybridized carbons (Fsp3) is 0.773. The van der Waals surface area contributed by atoms with Crippen molar-refractivity contribution in [2.75, 3.05) is 0 Å². The molecule has 2 aliphatic carbocycles. The second-order valence-electron chi connectivity index (χ2n) is 7.84. The van der Waals surface area contributed by atoms with Crippen molar-refractivity contribution < 1.29 is 0 Å². The first kappa shape index (κ1) is 18.3. The summed E-state index contributed by atoms with van der Waals surface area (Å²) in [4.78, 5) is 0. The minimum Gasteiger partial charge on any atom is -0.193 e. The number of nitrogens with zero attached hydrogens (tertiary/aromatic N) is 1. The van der Waals surface area contributed by atoms with Crippen LogP contribution in [0.4, 0.5) is 0 Å². The van der Waals surface area contributed by atoms with Crippen molar-refractivity contribution in [1.29, 1.82) is 5.26 Å². The van der Waals surface area contributed by atoms with E-state index in [9.17, 15) is 0 Å². The highest BCUT2D eigenvalue weighted by atomic mass is 14.3. The summed E-state index contributed by atoms with van der Waals surface area (Å²) in [6.45, 7) is 2.32. The van der Waals surface area contributed by atoms with Gasteiger partial charge in [-0.3, -0.25) is 0 Å². The molecule has 0 aromatic rings. The van der Waals surface area contributed by atoms with E-state index in [0.717, 1.165) is 30.1 Å². The standard InChI is InChI=1S/C22H35N/c1-2-6-19-8-12-21(13-9-19)16-17-22-14-10-20(11-15-22)7-4-3-5-18-23/h3,5,16-17,19-22H,2,4,6-15H2,1H3/b5-3?,17-16+. The molecule has 0 N–H and O–H groups in total. The lowest BCUT2D eigenvalue weighted by Crippen LogP contribution is -2.15. The summed E-state index contributed by atoms with van der Waals surface area (Å²) in [6.07, 6.45) is 25.3. The Morgan fingerprint density at radius 2 is 1.35 bits per heavy atom. The smallest absolute Gasteiger partial charge is 0.0908 e. The van der Waals surface area contributed by atoms with Gasteiger partial charge in [0.05, 0.1) is 6.07 Å². The average Bonchev–Trinajstić information content (AvgIpc) is 2.59. The Kier molecular flexibility index (Phi) is 8.51. The minimum absolute atomic E-state index is 0.842. The molecule has 1 nitrogen and oxygen atoms in total. The highest BCUT2D eigenvalue weighted by Crippen LogP contribution is 2.35. The first-order chi connectivity index (χ1) is 11.3. The third-order valence-corrected chi connectivity index (χ3v) is 6.07. The van der Waals surface area contributed by atoms with Crippen LogP contribution in [-0.4, -0.2) is 0 Å². The van der Waals surface area contributed by atoms with Crippen molar-refractivity contribution in [3.05, 3.63) is 24.3 Å². The molecule has 23 heavy (non-hydrogen) atoms. The molecule has 0 atom stereocenters. The molecule has 1 heteroatoms. The summed E-state index contributed by atoms with van der Waals surface area (Å²) in [5.74, 6) is 3.63. The fourth-order valence-corrected chi connectivity index (χ4v) is 4.53. The molecule has 0 aliphatic heterocycles. The predicted octanol–water partition coefficient (Wildman–Crippen LogP) is 6.82. The van der Waals surface area contributed by atoms with E-state index < -0.39 is 0 Å². The van der Waals surface area contributed by atoms with Crippen LogP contribution >= 0.6 is 0 Å². The maximum atomic E-state index is 8.50. The third-order valence-electron chi connectivity index (χ3n) is 6.07. The Hall–Kier alpha value is -1.03. The van der Waals surface area contributed by atoms with E-state index in [1.54, 1.807) is 6.08 Å². The van der Waals surface area contributed by atoms with Gasteiger partial charge in [0.15, 0.2) is 0 Å². The van der Waals surface area contributed by atoms with Gasteiger partial charge in [-0.15, -0.1) is 0 Å². The van der Waals surface area contributed by atoms with Crippen molar-refractivity contribution >= 4 is 0 Å². The Morgan fingerprint density at radius 3 is 1.83 bits per heavy atom. The van der Waals surface area contributed by atoms with E-state index >= 15 is 0 Å². The molecule has 2 rings (SSSR count). The highest BCUT2D eigenvalue weighted by molar-refractivity contribution is 5.01. The number of hydrogen-bond acceptors (Lipinski definition) is 1. The monoisotopic (exact) mass is 313 g/mol. The Morgan fingerprint density at radius 1 is 0.826 bits per heavy atom. The van der Waals surface area contributed by atoms with Gasteiger partial charge < -0.3 is 0 Å². The minimum atomic E-state index is 0.842. The van der Waals surface area contributed by atoms with Gasteiger partial charge in [-0.05, 0) is 87.9 Å². The molecule has 0 aromatic heterocycles. The SMILES string of the molecule is CCCC1CCC(/C=C/C2CCC(CCC=CC#N)CC2)CC1. The molecule has 0 aromatic carbocycles. The summed E-state index contributed by atoms with van der Waals surface area (Å²) >= 11 is 0. The summed E-state index contributed by atoms with van der Waals surface area (Å²) in [5.41, 5.74) is 0. The van der Waals surface area contributed by atoms with E-state index in [-0.39, 0.29) is 0 Å². The molecule has 0 spiro atoms. The molecular formula is C22H35N. The van der Waals surface area contributed by atoms with Crippen LogP contribution in [-0.2, 0) is 0 Å². The summed E-state index contributed by atoms with van der Waals surface area (Å²) < 4.78 is 0. The largest absolute Gasteiger partial charge is 0.193 e. The second-order valence-corrected chi connectivity index (χ2v) is 7.84. The van der Waals surface area contributed by atoms with Gasteiger partial charge in [0, 0.05) is 6.08 Å². The third kappa shape index (κ3) is 6.94. The number of nitriles is 1. The van der Waals surface area contributed by atoms with Crippen LogP contribution in [0.3, 0.4) is 0 Å². The zero-order valence-corrected chi connectivity index (χ0v) is 15.1. The Labute approximate surface area is 143 Å². The van der Waals surface area contributed by atoms with Crippen molar-refractivity contribution in [2.45, 2.75) is 84.0 Å². The van der Waals surface area contributed by atoms with Gasteiger partial charge >= 0.3 is 0 Å². The van der Waals surface area contributed by atoms with Crippen LogP contribution in [0.25, 0.3) is 0 Å².